The van der Waals surface area contributed by atoms with Crippen LogP contribution in [0.2, 0.25) is 0 Å². The molecule has 90 valence electrons. The zero-order chi connectivity index (χ0) is 12.0. The quantitative estimate of drug-likeness (QED) is 0.524. The van der Waals surface area contributed by atoms with E-state index in [0.29, 0.717) is 18.9 Å². The topological polar surface area (TPSA) is 46.6 Å². The Morgan fingerprint density at radius 1 is 1.50 bits per heavy atom. The number of rotatable bonds is 5. The van der Waals surface area contributed by atoms with Crippen LogP contribution in [-0.2, 0) is 14.3 Å². The Balaban J connectivity index is 2.42. The first-order valence-corrected chi connectivity index (χ1v) is 5.68. The molecule has 0 aromatic carbocycles. The van der Waals surface area contributed by atoms with E-state index in [9.17, 15) is 9.59 Å². The molecule has 0 aliphatic heterocycles. The number of allylic oxidation sites excluding steroid dienone is 2. The molecular weight excluding hydrogens is 206 g/mol. The van der Waals surface area contributed by atoms with Gasteiger partial charge >= 0.3 is 5.97 Å². The summed E-state index contributed by atoms with van der Waals surface area (Å²) in [6.07, 6.45) is 6.79. The molecule has 0 aromatic heterocycles. The lowest BCUT2D eigenvalue weighted by Gasteiger charge is -2.20. The van der Waals surface area contributed by atoms with Gasteiger partial charge in [-0.05, 0) is 25.7 Å². The van der Waals surface area contributed by atoms with Gasteiger partial charge in [-0.2, -0.15) is 0 Å². The van der Waals surface area contributed by atoms with Gasteiger partial charge in [0.15, 0.2) is 0 Å². The molecule has 4 nitrogen and oxygen atoms in total. The number of carbonyl (C=O) groups is 2. The molecule has 1 rings (SSSR count). The molecule has 0 N–H and O–H groups in total. The minimum atomic E-state index is -0.364. The van der Waals surface area contributed by atoms with Crippen LogP contribution in [0, 0.1) is 5.92 Å². The summed E-state index contributed by atoms with van der Waals surface area (Å²) in [5.74, 6) is 0.0146. The molecule has 0 fully saturated rings. The second-order valence-electron chi connectivity index (χ2n) is 3.95. The summed E-state index contributed by atoms with van der Waals surface area (Å²) in [5.41, 5.74) is 0. The van der Waals surface area contributed by atoms with Crippen LogP contribution in [0.25, 0.3) is 0 Å². The van der Waals surface area contributed by atoms with E-state index in [0.717, 1.165) is 12.8 Å². The number of ether oxygens (including phenoxy) is 1. The van der Waals surface area contributed by atoms with Crippen molar-refractivity contribution in [2.24, 2.45) is 5.92 Å². The van der Waals surface area contributed by atoms with Crippen LogP contribution in [0.4, 0.5) is 0 Å². The Kier molecular flexibility index (Phi) is 5.02. The van der Waals surface area contributed by atoms with E-state index in [1.54, 1.807) is 0 Å². The Morgan fingerprint density at radius 3 is 2.75 bits per heavy atom. The van der Waals surface area contributed by atoms with Gasteiger partial charge < -0.3 is 9.64 Å². The summed E-state index contributed by atoms with van der Waals surface area (Å²) in [7, 11) is 1.33. The first-order valence-electron chi connectivity index (χ1n) is 5.68. The van der Waals surface area contributed by atoms with Crippen LogP contribution < -0.4 is 0 Å². The summed E-state index contributed by atoms with van der Waals surface area (Å²) in [6, 6.07) is 0. The van der Waals surface area contributed by atoms with Crippen LogP contribution >= 0.6 is 0 Å². The summed E-state index contributed by atoms with van der Waals surface area (Å²) in [5, 5.41) is 0. The fourth-order valence-corrected chi connectivity index (χ4v) is 1.82. The van der Waals surface area contributed by atoms with Crippen molar-refractivity contribution in [1.82, 2.24) is 4.90 Å². The highest BCUT2D eigenvalue weighted by molar-refractivity contribution is 5.82. The van der Waals surface area contributed by atoms with Crippen molar-refractivity contribution < 1.29 is 14.3 Å². The van der Waals surface area contributed by atoms with E-state index in [1.165, 1.54) is 12.0 Å². The first kappa shape index (κ1) is 12.7. The summed E-state index contributed by atoms with van der Waals surface area (Å²) < 4.78 is 4.56. The zero-order valence-electron chi connectivity index (χ0n) is 9.94. The number of esters is 1. The van der Waals surface area contributed by atoms with E-state index in [2.05, 4.69) is 16.9 Å². The lowest BCUT2D eigenvalue weighted by atomic mass is 10.0. The lowest BCUT2D eigenvalue weighted by Crippen LogP contribution is -2.36. The van der Waals surface area contributed by atoms with Crippen molar-refractivity contribution in [3.63, 3.8) is 0 Å². The van der Waals surface area contributed by atoms with Crippen molar-refractivity contribution in [1.29, 1.82) is 0 Å². The van der Waals surface area contributed by atoms with Crippen LogP contribution in [-0.4, -0.2) is 37.0 Å². The average Bonchev–Trinajstić information content (AvgIpc) is 2.77. The molecular formula is C12H19NO3. The third-order valence-electron chi connectivity index (χ3n) is 2.83. The molecule has 1 amide bonds. The Labute approximate surface area is 96.3 Å². The molecule has 1 unspecified atom stereocenters. The van der Waals surface area contributed by atoms with E-state index in [1.807, 2.05) is 6.92 Å². The highest BCUT2D eigenvalue weighted by atomic mass is 16.5. The second-order valence-corrected chi connectivity index (χ2v) is 3.95. The van der Waals surface area contributed by atoms with Crippen LogP contribution in [0.15, 0.2) is 12.2 Å². The predicted octanol–water partition coefficient (Wildman–Crippen LogP) is 1.36. The van der Waals surface area contributed by atoms with Crippen molar-refractivity contribution in [3.8, 4) is 0 Å². The maximum absolute atomic E-state index is 11.9. The van der Waals surface area contributed by atoms with E-state index < -0.39 is 0 Å². The molecule has 0 aromatic rings. The van der Waals surface area contributed by atoms with E-state index in [4.69, 9.17) is 0 Å². The molecule has 1 aliphatic rings. The van der Waals surface area contributed by atoms with Crippen molar-refractivity contribution in [2.45, 2.75) is 26.2 Å². The Morgan fingerprint density at radius 2 is 2.25 bits per heavy atom. The molecule has 0 saturated carbocycles. The molecule has 4 heteroatoms. The van der Waals surface area contributed by atoms with Crippen molar-refractivity contribution in [3.05, 3.63) is 12.2 Å². The zero-order valence-corrected chi connectivity index (χ0v) is 9.94. The largest absolute Gasteiger partial charge is 0.468 e. The predicted molar refractivity (Wildman–Crippen MR) is 60.8 cm³/mol. The number of nitrogens with zero attached hydrogens (tertiary/aromatic N) is 1. The normalized spacial score (nSPS) is 18.5. The van der Waals surface area contributed by atoms with E-state index in [-0.39, 0.29) is 18.4 Å². The number of hydrogen-bond acceptors (Lipinski definition) is 3. The standard InChI is InChI=1S/C12H19NO3/c1-3-13(9-12(15)16-2)11(14)8-10-6-4-5-7-10/h4,6,10H,3,5,7-9H2,1-2H3. The Hall–Kier alpha value is -1.32. The number of amides is 1. The minimum Gasteiger partial charge on any atom is -0.468 e. The van der Waals surface area contributed by atoms with Crippen LogP contribution in [0.1, 0.15) is 26.2 Å². The molecule has 0 saturated heterocycles. The summed E-state index contributed by atoms with van der Waals surface area (Å²) >= 11 is 0. The number of carbonyl (C=O) groups excluding carboxylic acids is 2. The smallest absolute Gasteiger partial charge is 0.325 e. The van der Waals surface area contributed by atoms with Gasteiger partial charge in [-0.15, -0.1) is 0 Å². The fraction of sp³-hybridized carbons (Fsp3) is 0.667. The number of hydrogen-bond donors (Lipinski definition) is 0. The van der Waals surface area contributed by atoms with Gasteiger partial charge in [-0.25, -0.2) is 0 Å². The summed E-state index contributed by atoms with van der Waals surface area (Å²) in [6.45, 7) is 2.47. The van der Waals surface area contributed by atoms with Crippen molar-refractivity contribution >= 4 is 11.9 Å². The highest BCUT2D eigenvalue weighted by Gasteiger charge is 2.20. The van der Waals surface area contributed by atoms with Gasteiger partial charge in [-0.3, -0.25) is 9.59 Å². The molecule has 0 heterocycles. The van der Waals surface area contributed by atoms with Crippen molar-refractivity contribution in [2.75, 3.05) is 20.2 Å². The summed E-state index contributed by atoms with van der Waals surface area (Å²) in [4.78, 5) is 24.5. The number of methoxy groups -OCH3 is 1. The molecule has 0 radical (unpaired) electrons. The van der Waals surface area contributed by atoms with Crippen LogP contribution in [0.3, 0.4) is 0 Å². The van der Waals surface area contributed by atoms with Gasteiger partial charge in [0.25, 0.3) is 0 Å². The lowest BCUT2D eigenvalue weighted by molar-refractivity contribution is -0.147. The maximum Gasteiger partial charge on any atom is 0.325 e. The third-order valence-corrected chi connectivity index (χ3v) is 2.83. The molecule has 0 bridgehead atoms. The van der Waals surface area contributed by atoms with Gasteiger partial charge in [0.05, 0.1) is 7.11 Å². The van der Waals surface area contributed by atoms with Gasteiger partial charge in [0, 0.05) is 13.0 Å². The second kappa shape index (κ2) is 6.30. The highest BCUT2D eigenvalue weighted by Crippen LogP contribution is 2.21. The fourth-order valence-electron chi connectivity index (χ4n) is 1.82. The molecule has 1 atom stereocenters. The third kappa shape index (κ3) is 3.68. The first-order chi connectivity index (χ1) is 7.67. The SMILES string of the molecule is CCN(CC(=O)OC)C(=O)CC1C=CCC1. The van der Waals surface area contributed by atoms with Crippen LogP contribution in [0.5, 0.6) is 0 Å². The van der Waals surface area contributed by atoms with Gasteiger partial charge in [-0.1, -0.05) is 12.2 Å². The molecule has 0 spiro atoms. The Bertz CT molecular complexity index is 286. The molecule has 16 heavy (non-hydrogen) atoms. The maximum atomic E-state index is 11.9. The number of likely N-dealkylation sites (N-methyl/N-ethyl adjacent to an activating group) is 1. The minimum absolute atomic E-state index is 0.0319. The monoisotopic (exact) mass is 225 g/mol. The van der Waals surface area contributed by atoms with E-state index >= 15 is 0 Å². The molecule has 1 aliphatic carbocycles. The van der Waals surface area contributed by atoms with Gasteiger partial charge in [0.2, 0.25) is 5.91 Å². The van der Waals surface area contributed by atoms with Gasteiger partial charge in [0.1, 0.15) is 6.54 Å². The average molecular weight is 225 g/mol.